The molecule has 30 heavy (non-hydrogen) atoms. The summed E-state index contributed by atoms with van der Waals surface area (Å²) in [5, 5.41) is 2.70. The molecule has 0 heterocycles. The number of hydrogen-bond acceptors (Lipinski definition) is 5. The van der Waals surface area contributed by atoms with Gasteiger partial charge in [0.05, 0.1) is 17.7 Å². The Bertz CT molecular complexity index is 1080. The van der Waals surface area contributed by atoms with E-state index >= 15 is 0 Å². The molecule has 0 aromatic heterocycles. The van der Waals surface area contributed by atoms with Gasteiger partial charge in [-0.25, -0.2) is 13.1 Å². The van der Waals surface area contributed by atoms with Gasteiger partial charge < -0.3 is 14.8 Å². The number of carbonyl (C=O) groups is 1. The minimum atomic E-state index is -3.65. The van der Waals surface area contributed by atoms with Crippen molar-refractivity contribution in [1.29, 1.82) is 0 Å². The minimum Gasteiger partial charge on any atom is -0.495 e. The van der Waals surface area contributed by atoms with Crippen LogP contribution in [-0.4, -0.2) is 28.0 Å². The maximum absolute atomic E-state index is 12.4. The summed E-state index contributed by atoms with van der Waals surface area (Å²) in [7, 11) is -2.13. The van der Waals surface area contributed by atoms with Gasteiger partial charge in [0, 0.05) is 6.54 Å². The van der Waals surface area contributed by atoms with E-state index in [9.17, 15) is 13.2 Å². The fourth-order valence-corrected chi connectivity index (χ4v) is 3.67. The fourth-order valence-electron chi connectivity index (χ4n) is 2.66. The summed E-state index contributed by atoms with van der Waals surface area (Å²) in [5.74, 6) is 0.566. The van der Waals surface area contributed by atoms with Gasteiger partial charge in [-0.2, -0.15) is 0 Å². The van der Waals surface area contributed by atoms with Crippen LogP contribution >= 0.6 is 0 Å². The Hall–Kier alpha value is -3.36. The number of sulfonamides is 1. The molecule has 0 fully saturated rings. The average molecular weight is 426 g/mol. The number of anilines is 1. The zero-order valence-electron chi connectivity index (χ0n) is 16.4. The second-order valence-corrected chi connectivity index (χ2v) is 8.09. The topological polar surface area (TPSA) is 93.7 Å². The lowest BCUT2D eigenvalue weighted by Crippen LogP contribution is -2.23. The summed E-state index contributed by atoms with van der Waals surface area (Å²) in [6.45, 7) is -0.0268. The van der Waals surface area contributed by atoms with Crippen molar-refractivity contribution in [1.82, 2.24) is 4.72 Å². The molecule has 0 unspecified atom stereocenters. The number of ether oxygens (including phenoxy) is 2. The predicted octanol–water partition coefficient (Wildman–Crippen LogP) is 3.19. The first-order chi connectivity index (χ1) is 14.5. The zero-order chi connectivity index (χ0) is 21.4. The van der Waals surface area contributed by atoms with Crippen LogP contribution in [0.2, 0.25) is 0 Å². The molecule has 0 spiro atoms. The van der Waals surface area contributed by atoms with Crippen molar-refractivity contribution in [3.63, 3.8) is 0 Å². The molecular weight excluding hydrogens is 404 g/mol. The lowest BCUT2D eigenvalue weighted by Gasteiger charge is -2.11. The number of hydrogen-bond donors (Lipinski definition) is 2. The molecular formula is C22H22N2O5S. The summed E-state index contributed by atoms with van der Waals surface area (Å²) in [6.07, 6.45) is 0. The van der Waals surface area contributed by atoms with Crippen LogP contribution in [-0.2, 0) is 21.4 Å². The van der Waals surface area contributed by atoms with E-state index in [0.717, 1.165) is 5.56 Å². The van der Waals surface area contributed by atoms with Gasteiger partial charge in [0.1, 0.15) is 11.5 Å². The van der Waals surface area contributed by atoms with E-state index in [1.165, 1.54) is 31.4 Å². The Morgan fingerprint density at radius 2 is 1.57 bits per heavy atom. The molecule has 2 N–H and O–H groups in total. The van der Waals surface area contributed by atoms with Crippen molar-refractivity contribution in [3.05, 3.63) is 84.4 Å². The molecule has 0 bridgehead atoms. The fraction of sp³-hybridized carbons (Fsp3) is 0.136. The standard InChI is InChI=1S/C22H22N2O5S/c1-28-21-10-6-5-9-20(21)24-22(25)16-29-18-11-13-19(14-12-18)30(26,27)23-15-17-7-3-2-4-8-17/h2-14,23H,15-16H2,1H3,(H,24,25). The normalized spacial score (nSPS) is 11.0. The average Bonchev–Trinajstić information content (AvgIpc) is 2.78. The second-order valence-electron chi connectivity index (χ2n) is 6.32. The maximum Gasteiger partial charge on any atom is 0.262 e. The Morgan fingerprint density at radius 1 is 0.900 bits per heavy atom. The zero-order valence-corrected chi connectivity index (χ0v) is 17.2. The first-order valence-corrected chi connectivity index (χ1v) is 10.7. The monoisotopic (exact) mass is 426 g/mol. The smallest absolute Gasteiger partial charge is 0.262 e. The molecule has 1 amide bonds. The van der Waals surface area contributed by atoms with Gasteiger partial charge in [0.2, 0.25) is 10.0 Å². The van der Waals surface area contributed by atoms with Gasteiger partial charge in [0.15, 0.2) is 6.61 Å². The van der Waals surface area contributed by atoms with Crippen molar-refractivity contribution < 1.29 is 22.7 Å². The number of benzene rings is 3. The molecule has 7 nitrogen and oxygen atoms in total. The van der Waals surface area contributed by atoms with E-state index in [1.54, 1.807) is 24.3 Å². The summed E-state index contributed by atoms with van der Waals surface area (Å²) in [6, 6.07) is 22.2. The van der Waals surface area contributed by atoms with Crippen molar-refractivity contribution in [2.24, 2.45) is 0 Å². The highest BCUT2D eigenvalue weighted by Gasteiger charge is 2.14. The molecule has 3 aromatic rings. The quantitative estimate of drug-likeness (QED) is 0.548. The van der Waals surface area contributed by atoms with Crippen LogP contribution in [0, 0.1) is 0 Å². The second kappa shape index (κ2) is 9.91. The van der Waals surface area contributed by atoms with Gasteiger partial charge in [0.25, 0.3) is 5.91 Å². The summed E-state index contributed by atoms with van der Waals surface area (Å²) in [4.78, 5) is 12.2. The van der Waals surface area contributed by atoms with Crippen LogP contribution in [0.1, 0.15) is 5.56 Å². The van der Waals surface area contributed by atoms with E-state index in [1.807, 2.05) is 30.3 Å². The SMILES string of the molecule is COc1ccccc1NC(=O)COc1ccc(S(=O)(=O)NCc2ccccc2)cc1. The Balaban J connectivity index is 1.54. The molecule has 0 aliphatic carbocycles. The molecule has 8 heteroatoms. The number of methoxy groups -OCH3 is 1. The van der Waals surface area contributed by atoms with Gasteiger partial charge >= 0.3 is 0 Å². The predicted molar refractivity (Wildman–Crippen MR) is 114 cm³/mol. The van der Waals surface area contributed by atoms with E-state index in [-0.39, 0.29) is 24.0 Å². The Labute approximate surface area is 175 Å². The third-order valence-electron chi connectivity index (χ3n) is 4.19. The maximum atomic E-state index is 12.4. The van der Waals surface area contributed by atoms with Crippen LogP contribution in [0.15, 0.2) is 83.8 Å². The van der Waals surface area contributed by atoms with Crippen LogP contribution in [0.4, 0.5) is 5.69 Å². The molecule has 0 saturated heterocycles. The first-order valence-electron chi connectivity index (χ1n) is 9.17. The molecule has 0 aliphatic heterocycles. The largest absolute Gasteiger partial charge is 0.495 e. The molecule has 3 aromatic carbocycles. The third kappa shape index (κ3) is 5.82. The summed E-state index contributed by atoms with van der Waals surface area (Å²) in [5.41, 5.74) is 1.40. The van der Waals surface area contributed by atoms with Gasteiger partial charge in [-0.1, -0.05) is 42.5 Å². The molecule has 0 aliphatic rings. The first kappa shape index (κ1) is 21.4. The van der Waals surface area contributed by atoms with Crippen molar-refractivity contribution in [2.45, 2.75) is 11.4 Å². The van der Waals surface area contributed by atoms with Gasteiger partial charge in [-0.3, -0.25) is 4.79 Å². The van der Waals surface area contributed by atoms with E-state index < -0.39 is 10.0 Å². The number of carbonyl (C=O) groups excluding carboxylic acids is 1. The van der Waals surface area contributed by atoms with Crippen LogP contribution in [0.3, 0.4) is 0 Å². The van der Waals surface area contributed by atoms with Gasteiger partial charge in [-0.15, -0.1) is 0 Å². The highest BCUT2D eigenvalue weighted by Crippen LogP contribution is 2.23. The minimum absolute atomic E-state index is 0.115. The highest BCUT2D eigenvalue weighted by molar-refractivity contribution is 7.89. The Morgan fingerprint density at radius 3 is 2.27 bits per heavy atom. The Kier molecular flexibility index (Phi) is 7.05. The molecule has 0 saturated carbocycles. The lowest BCUT2D eigenvalue weighted by molar-refractivity contribution is -0.118. The van der Waals surface area contributed by atoms with E-state index in [4.69, 9.17) is 9.47 Å². The molecule has 0 radical (unpaired) electrons. The van der Waals surface area contributed by atoms with E-state index in [2.05, 4.69) is 10.0 Å². The molecule has 156 valence electrons. The number of para-hydroxylation sites is 2. The van der Waals surface area contributed by atoms with Crippen molar-refractivity contribution in [3.8, 4) is 11.5 Å². The third-order valence-corrected chi connectivity index (χ3v) is 5.61. The summed E-state index contributed by atoms with van der Waals surface area (Å²) >= 11 is 0. The van der Waals surface area contributed by atoms with Crippen LogP contribution in [0.25, 0.3) is 0 Å². The number of rotatable bonds is 9. The van der Waals surface area contributed by atoms with Crippen LogP contribution in [0.5, 0.6) is 11.5 Å². The molecule has 0 atom stereocenters. The number of nitrogens with one attached hydrogen (secondary N) is 2. The van der Waals surface area contributed by atoms with Crippen LogP contribution < -0.4 is 19.5 Å². The van der Waals surface area contributed by atoms with Crippen molar-refractivity contribution >= 4 is 21.6 Å². The summed E-state index contributed by atoms with van der Waals surface area (Å²) < 4.78 is 38.0. The lowest BCUT2D eigenvalue weighted by atomic mass is 10.2. The molecule has 3 rings (SSSR count). The van der Waals surface area contributed by atoms with E-state index in [0.29, 0.717) is 17.2 Å². The van der Waals surface area contributed by atoms with Crippen molar-refractivity contribution in [2.75, 3.05) is 19.0 Å². The van der Waals surface area contributed by atoms with Gasteiger partial charge in [-0.05, 0) is 42.0 Å². The number of amides is 1. The highest BCUT2D eigenvalue weighted by atomic mass is 32.2.